The summed E-state index contributed by atoms with van der Waals surface area (Å²) in [5.74, 6) is 5.11. The van der Waals surface area contributed by atoms with Crippen molar-refractivity contribution in [1.29, 1.82) is 0 Å². The number of imidazole rings is 3. The van der Waals surface area contributed by atoms with Crippen LogP contribution in [0.2, 0.25) is 0 Å². The molecule has 87 heavy (non-hydrogen) atoms. The summed E-state index contributed by atoms with van der Waals surface area (Å²) in [5.41, 5.74) is 7.81. The van der Waals surface area contributed by atoms with E-state index in [1.54, 1.807) is 12.1 Å². The Morgan fingerprint density at radius 3 is 1.36 bits per heavy atom. The molecular weight excluding hydrogens is 1150 g/mol. The third kappa shape index (κ3) is 23.5. The molecule has 0 bridgehead atoms. The second-order valence-electron chi connectivity index (χ2n) is 21.6. The van der Waals surface area contributed by atoms with Crippen molar-refractivity contribution in [2.24, 2.45) is 0 Å². The summed E-state index contributed by atoms with van der Waals surface area (Å²) in [6.45, 7) is 27.8. The van der Waals surface area contributed by atoms with Crippen LogP contribution in [0.25, 0.3) is 33.1 Å². The van der Waals surface area contributed by atoms with Gasteiger partial charge in [-0.05, 0) is 161 Å². The number of ether oxygens (including phenoxy) is 5. The normalized spacial score (nSPS) is 15.7. The van der Waals surface area contributed by atoms with E-state index in [1.807, 2.05) is 46.8 Å². The van der Waals surface area contributed by atoms with E-state index >= 15 is 0 Å². The van der Waals surface area contributed by atoms with Crippen LogP contribution in [0, 0.1) is 6.92 Å². The van der Waals surface area contributed by atoms with E-state index in [0.717, 1.165) is 184 Å². The van der Waals surface area contributed by atoms with Gasteiger partial charge in [-0.2, -0.15) is 8.42 Å². The van der Waals surface area contributed by atoms with Crippen LogP contribution in [0.4, 0.5) is 0 Å². The molecule has 3 aliphatic rings. The van der Waals surface area contributed by atoms with Crippen molar-refractivity contribution < 1.29 is 103 Å². The van der Waals surface area contributed by atoms with Gasteiger partial charge in [-0.15, -0.1) is 0 Å². The monoisotopic (exact) mass is 1250 g/mol. The van der Waals surface area contributed by atoms with E-state index in [-0.39, 0.29) is 88.2 Å². The minimum atomic E-state index is -3.64. The minimum absolute atomic E-state index is 0. The van der Waals surface area contributed by atoms with E-state index in [0.29, 0.717) is 37.6 Å². The molecular formula is C65H98KN9O11S. The Morgan fingerprint density at radius 2 is 0.885 bits per heavy atom. The number of piperidine rings is 3. The van der Waals surface area contributed by atoms with Gasteiger partial charge in [-0.1, -0.05) is 54.1 Å². The molecule has 0 radical (unpaired) electrons. The van der Waals surface area contributed by atoms with Gasteiger partial charge in [-0.3, -0.25) is 4.18 Å². The van der Waals surface area contributed by atoms with Crippen molar-refractivity contribution in [3.8, 4) is 0 Å². The largest absolute Gasteiger partial charge is 1.00 e. The first kappa shape index (κ1) is 74.1. The van der Waals surface area contributed by atoms with Gasteiger partial charge in [0.05, 0.1) is 97.5 Å². The first-order valence-electron chi connectivity index (χ1n) is 31.2. The number of para-hydroxylation sites is 6. The number of hydrogen-bond donors (Lipinski definition) is 3. The van der Waals surface area contributed by atoms with E-state index < -0.39 is 10.1 Å². The molecule has 476 valence electrons. The maximum Gasteiger partial charge on any atom is 1.00 e. The number of fused-ring (bicyclic) bond motifs is 3. The summed E-state index contributed by atoms with van der Waals surface area (Å²) in [6, 6.07) is 31.6. The molecule has 3 fully saturated rings. The van der Waals surface area contributed by atoms with Crippen molar-refractivity contribution in [2.45, 2.75) is 109 Å². The molecule has 6 heterocycles. The molecule has 3 saturated heterocycles. The Hall–Kier alpha value is -3.60. The van der Waals surface area contributed by atoms with Crippen molar-refractivity contribution in [3.63, 3.8) is 0 Å². The molecule has 0 unspecified atom stereocenters. The number of nitrogens with one attached hydrogen (secondary N) is 1. The van der Waals surface area contributed by atoms with Crippen LogP contribution in [-0.4, -0.2) is 213 Å². The van der Waals surface area contributed by atoms with Crippen LogP contribution in [0.3, 0.4) is 0 Å². The summed E-state index contributed by atoms with van der Waals surface area (Å²) in [6.07, 6.45) is 6.77. The van der Waals surface area contributed by atoms with Crippen molar-refractivity contribution >= 4 is 43.2 Å². The molecule has 0 atom stereocenters. The fraction of sp³-hybridized carbons (Fsp3) is 0.585. The van der Waals surface area contributed by atoms with E-state index in [2.05, 4.69) is 94.5 Å². The predicted octanol–water partition coefficient (Wildman–Crippen LogP) is 5.85. The average molecular weight is 1250 g/mol. The van der Waals surface area contributed by atoms with Gasteiger partial charge in [0.15, 0.2) is 0 Å². The van der Waals surface area contributed by atoms with Crippen LogP contribution in [0.1, 0.15) is 107 Å². The fourth-order valence-corrected chi connectivity index (χ4v) is 12.2. The number of likely N-dealkylation sites (tertiary alicyclic amines) is 3. The van der Waals surface area contributed by atoms with Crippen LogP contribution < -0.4 is 51.4 Å². The zero-order chi connectivity index (χ0) is 60.1. The van der Waals surface area contributed by atoms with Crippen molar-refractivity contribution in [2.75, 3.05) is 145 Å². The molecule has 3 aliphatic heterocycles. The average Bonchev–Trinajstić information content (AvgIpc) is 2.22. The number of aliphatic hydroxyl groups excluding tert-OH is 2. The van der Waals surface area contributed by atoms with Crippen molar-refractivity contribution in [1.82, 2.24) is 43.8 Å². The maximum absolute atomic E-state index is 11.6. The Bertz CT molecular complexity index is 3030. The molecule has 20 nitrogen and oxygen atoms in total. The SMILES string of the molecule is CCOCCOCCN1CCC(c2nc3ccccc3n2CCOCC)CC1.CCOCCOS(=O)(=O)c1ccc(C)cc1.CCOCCn1c(C2CCN(CCO)CC2)nc2ccccc21.OCCN1CCC(c2nc3ccccc3[nH]2)CC1.[K+].[OH-]. The van der Waals surface area contributed by atoms with Crippen LogP contribution in [-0.2, 0) is 51.1 Å². The number of aromatic nitrogens is 6. The molecule has 10 rings (SSSR count). The molecule has 0 spiro atoms. The molecule has 0 aliphatic carbocycles. The second kappa shape index (κ2) is 41.0. The van der Waals surface area contributed by atoms with Gasteiger partial charge in [0.2, 0.25) is 0 Å². The van der Waals surface area contributed by atoms with Crippen LogP contribution in [0.15, 0.2) is 102 Å². The number of aryl methyl sites for hydroxylation is 1. The van der Waals surface area contributed by atoms with E-state index in [4.69, 9.17) is 48.0 Å². The quantitative estimate of drug-likeness (QED) is 0.0297. The fourth-order valence-electron chi connectivity index (χ4n) is 11.3. The van der Waals surface area contributed by atoms with Gasteiger partial charge < -0.3 is 68.2 Å². The van der Waals surface area contributed by atoms with Crippen LogP contribution >= 0.6 is 0 Å². The molecule has 0 saturated carbocycles. The Labute approximate surface area is 559 Å². The predicted molar refractivity (Wildman–Crippen MR) is 338 cm³/mol. The first-order valence-corrected chi connectivity index (χ1v) is 32.6. The number of aliphatic hydroxyl groups is 2. The zero-order valence-corrected chi connectivity index (χ0v) is 56.7. The summed E-state index contributed by atoms with van der Waals surface area (Å²) >= 11 is 0. The van der Waals surface area contributed by atoms with Gasteiger partial charge in [0.25, 0.3) is 10.1 Å². The standard InChI is InChI=1S/C22H35N3O3.C18H27N3O2.C14H19N3O.C11H16O4S.K.H2O/c1-3-26-16-14-25-21-8-6-5-7-20(21)23-22(25)19-9-11-24(12-10-19)13-15-28-18-17-27-4-2;1-2-23-14-12-21-17-6-4-3-5-16(17)19-18(21)15-7-9-20(10-8-15)11-13-22;18-10-9-17-7-5-11(6-8-17)14-15-12-3-1-2-4-13(12)16-14;1-3-14-8-9-15-16(12,13)11-6-4-10(2)5-7-11;;/h5-8,19H,3-4,9-18H2,1-2H3;3-6,15,22H,2,7-14H2,1H3;1-4,11,18H,5-10H2,(H,15,16);4-7H,3,8-9H2,1-2H3;;1H2/q;;;;+1;/p-1. The van der Waals surface area contributed by atoms with Crippen molar-refractivity contribution in [3.05, 3.63) is 120 Å². The smallest absolute Gasteiger partial charge is 0.870 e. The molecule has 4 N–H and O–H groups in total. The zero-order valence-electron chi connectivity index (χ0n) is 52.8. The summed E-state index contributed by atoms with van der Waals surface area (Å²) in [7, 11) is -3.64. The Morgan fingerprint density at radius 1 is 0.483 bits per heavy atom. The number of benzene rings is 4. The Balaban J connectivity index is 0.000000215. The van der Waals surface area contributed by atoms with Gasteiger partial charge in [0, 0.05) is 76.9 Å². The third-order valence-corrected chi connectivity index (χ3v) is 17.2. The Kier molecular flexibility index (Phi) is 34.9. The number of H-pyrrole nitrogens is 1. The number of nitrogens with zero attached hydrogens (tertiary/aromatic N) is 8. The number of β-amino-alcohol motifs (C(OH)–C–C–N with tert-alkyl or cyclic N) is 2. The number of aromatic amines is 1. The summed E-state index contributed by atoms with van der Waals surface area (Å²) < 4.78 is 59.9. The topological polar surface area (TPSA) is 234 Å². The number of rotatable bonds is 28. The van der Waals surface area contributed by atoms with Gasteiger partial charge >= 0.3 is 51.4 Å². The van der Waals surface area contributed by atoms with E-state index in [9.17, 15) is 8.42 Å². The second-order valence-corrected chi connectivity index (χ2v) is 23.3. The third-order valence-electron chi connectivity index (χ3n) is 15.9. The molecule has 4 aromatic carbocycles. The molecule has 3 aromatic heterocycles. The van der Waals surface area contributed by atoms with Crippen LogP contribution in [0.5, 0.6) is 0 Å². The number of hydrogen-bond acceptors (Lipinski definition) is 17. The first-order chi connectivity index (χ1) is 41.6. The van der Waals surface area contributed by atoms with Gasteiger partial charge in [-0.25, -0.2) is 15.0 Å². The minimum Gasteiger partial charge on any atom is -0.870 e. The molecule has 7 aromatic rings. The molecule has 22 heteroatoms. The summed E-state index contributed by atoms with van der Waals surface area (Å²) in [5, 5.41) is 18.0. The summed E-state index contributed by atoms with van der Waals surface area (Å²) in [4.78, 5) is 25.4. The van der Waals surface area contributed by atoms with Gasteiger partial charge in [0.1, 0.15) is 17.5 Å². The molecule has 0 amide bonds. The maximum atomic E-state index is 11.6. The van der Waals surface area contributed by atoms with E-state index in [1.165, 1.54) is 34.8 Å².